The molecular formula is C23H30N4O3S2. The van der Waals surface area contributed by atoms with Crippen LogP contribution in [0.3, 0.4) is 0 Å². The number of nitrogens with zero attached hydrogens (tertiary/aromatic N) is 3. The zero-order valence-corrected chi connectivity index (χ0v) is 20.2. The summed E-state index contributed by atoms with van der Waals surface area (Å²) in [5, 5.41) is 3.48. The van der Waals surface area contributed by atoms with Gasteiger partial charge < -0.3 is 10.2 Å². The van der Waals surface area contributed by atoms with Crippen molar-refractivity contribution in [1.29, 1.82) is 0 Å². The molecule has 1 aromatic heterocycles. The Bertz CT molecular complexity index is 1050. The van der Waals surface area contributed by atoms with E-state index in [0.717, 1.165) is 32.4 Å². The Morgan fingerprint density at radius 3 is 2.62 bits per heavy atom. The number of likely N-dealkylation sites (N-methyl/N-ethyl adjacent to an activating group) is 1. The summed E-state index contributed by atoms with van der Waals surface area (Å²) >= 11 is 1.34. The van der Waals surface area contributed by atoms with Crippen LogP contribution >= 0.6 is 11.8 Å². The topological polar surface area (TPSA) is 82.6 Å². The number of thioether (sulfide) groups is 1. The van der Waals surface area contributed by atoms with E-state index < -0.39 is 10.0 Å². The Morgan fingerprint density at radius 2 is 1.91 bits per heavy atom. The number of fused-ring (bicyclic) bond motifs is 1. The summed E-state index contributed by atoms with van der Waals surface area (Å²) in [5.41, 5.74) is 2.52. The van der Waals surface area contributed by atoms with Gasteiger partial charge in [-0.25, -0.2) is 13.4 Å². The normalized spacial score (nSPS) is 21.0. The lowest BCUT2D eigenvalue weighted by Crippen LogP contribution is -2.47. The predicted octanol–water partition coefficient (Wildman–Crippen LogP) is 2.69. The van der Waals surface area contributed by atoms with Crippen molar-refractivity contribution >= 4 is 27.7 Å². The average molecular weight is 475 g/mol. The quantitative estimate of drug-likeness (QED) is 0.649. The van der Waals surface area contributed by atoms with Crippen LogP contribution in [0, 0.1) is 0 Å². The summed E-state index contributed by atoms with van der Waals surface area (Å²) in [6, 6.07) is 11.6. The van der Waals surface area contributed by atoms with E-state index >= 15 is 0 Å². The van der Waals surface area contributed by atoms with Crippen molar-refractivity contribution in [2.45, 2.75) is 47.4 Å². The highest BCUT2D eigenvalue weighted by Crippen LogP contribution is 2.30. The Hall–Kier alpha value is -1.94. The summed E-state index contributed by atoms with van der Waals surface area (Å²) in [7, 11) is -1.55. The highest BCUT2D eigenvalue weighted by atomic mass is 32.2. The van der Waals surface area contributed by atoms with Crippen molar-refractivity contribution in [2.24, 2.45) is 0 Å². The van der Waals surface area contributed by atoms with Gasteiger partial charge in [0.15, 0.2) is 0 Å². The molecule has 2 heterocycles. The Labute approximate surface area is 194 Å². The average Bonchev–Trinajstić information content (AvgIpc) is 2.80. The fourth-order valence-electron chi connectivity index (χ4n) is 4.19. The third-order valence-electron chi connectivity index (χ3n) is 6.16. The maximum absolute atomic E-state index is 12.9. The first-order chi connectivity index (χ1) is 15.3. The number of pyridine rings is 1. The third kappa shape index (κ3) is 5.17. The second-order valence-electron chi connectivity index (χ2n) is 8.45. The maximum Gasteiger partial charge on any atom is 0.244 e. The van der Waals surface area contributed by atoms with Gasteiger partial charge in [0, 0.05) is 32.4 Å². The molecule has 0 radical (unpaired) electrons. The van der Waals surface area contributed by atoms with E-state index in [0.29, 0.717) is 18.1 Å². The summed E-state index contributed by atoms with van der Waals surface area (Å²) < 4.78 is 27.2. The zero-order valence-electron chi connectivity index (χ0n) is 18.5. The molecule has 1 aromatic carbocycles. The van der Waals surface area contributed by atoms with Crippen molar-refractivity contribution in [3.63, 3.8) is 0 Å². The van der Waals surface area contributed by atoms with E-state index in [1.165, 1.54) is 33.4 Å². The minimum Gasteiger partial charge on any atom is -0.348 e. The molecule has 2 aliphatic rings. The monoisotopic (exact) mass is 474 g/mol. The molecule has 172 valence electrons. The van der Waals surface area contributed by atoms with Crippen LogP contribution < -0.4 is 5.32 Å². The molecule has 4 rings (SSSR count). The number of aryl methyl sites for hydroxylation is 1. The van der Waals surface area contributed by atoms with Crippen LogP contribution in [0.1, 0.15) is 36.9 Å². The molecule has 7 nitrogen and oxygen atoms in total. The van der Waals surface area contributed by atoms with Gasteiger partial charge in [0.05, 0.1) is 16.3 Å². The minimum atomic E-state index is -3.54. The van der Waals surface area contributed by atoms with Gasteiger partial charge in [-0.2, -0.15) is 4.31 Å². The van der Waals surface area contributed by atoms with Gasteiger partial charge in [0.2, 0.25) is 15.9 Å². The second kappa shape index (κ2) is 9.91. The van der Waals surface area contributed by atoms with Crippen LogP contribution in [0.2, 0.25) is 0 Å². The number of nitrogens with one attached hydrogen (secondary N) is 1. The third-order valence-corrected chi connectivity index (χ3v) is 9.09. The second-order valence-corrected chi connectivity index (χ2v) is 11.8. The number of benzene rings is 1. The van der Waals surface area contributed by atoms with Gasteiger partial charge in [0.25, 0.3) is 0 Å². The van der Waals surface area contributed by atoms with Crippen LogP contribution in [0.4, 0.5) is 0 Å². The smallest absolute Gasteiger partial charge is 0.244 e. The summed E-state index contributed by atoms with van der Waals surface area (Å²) in [4.78, 5) is 19.5. The van der Waals surface area contributed by atoms with Crippen LogP contribution in [-0.2, 0) is 21.2 Å². The Balaban J connectivity index is 1.37. The predicted molar refractivity (Wildman–Crippen MR) is 126 cm³/mol. The molecule has 32 heavy (non-hydrogen) atoms. The molecule has 1 fully saturated rings. The van der Waals surface area contributed by atoms with Gasteiger partial charge in [0.1, 0.15) is 4.90 Å². The Kier molecular flexibility index (Phi) is 7.19. The van der Waals surface area contributed by atoms with Gasteiger partial charge in [-0.3, -0.25) is 4.79 Å². The molecule has 0 bridgehead atoms. The molecule has 0 unspecified atom stereocenters. The molecule has 1 saturated heterocycles. The molecule has 1 aliphatic heterocycles. The van der Waals surface area contributed by atoms with Crippen LogP contribution in [0.15, 0.2) is 52.5 Å². The van der Waals surface area contributed by atoms with Crippen molar-refractivity contribution in [2.75, 3.05) is 33.2 Å². The highest BCUT2D eigenvalue weighted by molar-refractivity contribution is 8.00. The number of carbonyl (C=O) groups excluding carboxylic acids is 1. The molecule has 2 atom stereocenters. The maximum atomic E-state index is 12.9. The van der Waals surface area contributed by atoms with E-state index in [9.17, 15) is 13.2 Å². The number of aromatic nitrogens is 1. The first-order valence-corrected chi connectivity index (χ1v) is 13.4. The molecule has 0 saturated carbocycles. The number of piperazine rings is 1. The van der Waals surface area contributed by atoms with Crippen molar-refractivity contribution < 1.29 is 13.2 Å². The minimum absolute atomic E-state index is 0.0346. The first kappa shape index (κ1) is 23.2. The number of amides is 1. The summed E-state index contributed by atoms with van der Waals surface area (Å²) in [5.74, 6) is -0.0346. The molecule has 1 amide bonds. The summed E-state index contributed by atoms with van der Waals surface area (Å²) in [6.45, 7) is 4.26. The van der Waals surface area contributed by atoms with Crippen LogP contribution in [-0.4, -0.2) is 67.0 Å². The zero-order chi connectivity index (χ0) is 22.7. The first-order valence-electron chi connectivity index (χ1n) is 11.0. The Morgan fingerprint density at radius 1 is 1.16 bits per heavy atom. The molecule has 9 heteroatoms. The molecule has 1 N–H and O–H groups in total. The molecular weight excluding hydrogens is 444 g/mol. The lowest BCUT2D eigenvalue weighted by molar-refractivity contribution is -0.121. The van der Waals surface area contributed by atoms with Gasteiger partial charge >= 0.3 is 0 Å². The molecule has 0 spiro atoms. The number of hydrogen-bond acceptors (Lipinski definition) is 6. The van der Waals surface area contributed by atoms with E-state index in [4.69, 9.17) is 0 Å². The van der Waals surface area contributed by atoms with Crippen molar-refractivity contribution in [3.8, 4) is 0 Å². The number of rotatable bonds is 6. The highest BCUT2D eigenvalue weighted by Gasteiger charge is 2.28. The van der Waals surface area contributed by atoms with Crippen molar-refractivity contribution in [3.05, 3.63) is 53.7 Å². The number of carbonyl (C=O) groups is 1. The number of hydrogen-bond donors (Lipinski definition) is 1. The van der Waals surface area contributed by atoms with Crippen LogP contribution in [0.25, 0.3) is 0 Å². The molecule has 2 aromatic rings. The lowest BCUT2D eigenvalue weighted by atomic mass is 9.88. The fraction of sp³-hybridized carbons (Fsp3) is 0.478. The van der Waals surface area contributed by atoms with E-state index in [1.54, 1.807) is 12.1 Å². The SMILES string of the molecule is C[C@@H](Sc1ccc(S(=O)(=O)N2CCN(C)CC2)cn1)C(=O)N[C@H]1CCCc2ccccc21. The van der Waals surface area contributed by atoms with E-state index in [2.05, 4.69) is 27.3 Å². The fourth-order valence-corrected chi connectivity index (χ4v) is 6.36. The van der Waals surface area contributed by atoms with Crippen LogP contribution in [0.5, 0.6) is 0 Å². The van der Waals surface area contributed by atoms with Gasteiger partial charge in [-0.05, 0) is 56.5 Å². The number of sulfonamides is 1. The van der Waals surface area contributed by atoms with E-state index in [1.807, 2.05) is 26.1 Å². The van der Waals surface area contributed by atoms with Gasteiger partial charge in [-0.15, -0.1) is 0 Å². The van der Waals surface area contributed by atoms with Gasteiger partial charge in [-0.1, -0.05) is 36.0 Å². The summed E-state index contributed by atoms with van der Waals surface area (Å²) in [6.07, 6.45) is 4.46. The molecule has 1 aliphatic carbocycles. The largest absolute Gasteiger partial charge is 0.348 e. The van der Waals surface area contributed by atoms with E-state index in [-0.39, 0.29) is 22.1 Å². The van der Waals surface area contributed by atoms with Crippen molar-refractivity contribution in [1.82, 2.24) is 19.5 Å². The lowest BCUT2D eigenvalue weighted by Gasteiger charge is -2.31. The standard InChI is InChI=1S/C23H30N4O3S2/c1-17(23(28)25-21-9-5-7-18-6-3-4-8-20(18)21)31-22-11-10-19(16-24-22)32(29,30)27-14-12-26(2)13-15-27/h3-4,6,8,10-11,16-17,21H,5,7,9,12-15H2,1-2H3,(H,25,28)/t17-,21+/m1/s1.